The van der Waals surface area contributed by atoms with Crippen LogP contribution in [0.15, 0.2) is 16.6 Å². The molecule has 68 valence electrons. The number of benzene rings is 1. The molecule has 0 amide bonds. The van der Waals surface area contributed by atoms with Gasteiger partial charge in [-0.25, -0.2) is 0 Å². The minimum absolute atomic E-state index is 0.0723. The van der Waals surface area contributed by atoms with E-state index in [1.165, 1.54) is 0 Å². The maximum atomic E-state index is 9.50. The molecule has 1 aromatic carbocycles. The molecule has 0 aromatic heterocycles. The number of aryl methyl sites for hydroxylation is 1. The van der Waals surface area contributed by atoms with E-state index in [1.807, 2.05) is 26.0 Å². The first kappa shape index (κ1) is 9.09. The van der Waals surface area contributed by atoms with Crippen molar-refractivity contribution in [2.75, 3.05) is 0 Å². The number of rotatable bonds is 0. The van der Waals surface area contributed by atoms with Gasteiger partial charge in [0.2, 0.25) is 0 Å². The molecular weight excluding hydrogens is 231 g/mol. The van der Waals surface area contributed by atoms with Gasteiger partial charge in [0.05, 0.1) is 0 Å². The van der Waals surface area contributed by atoms with E-state index in [1.54, 1.807) is 0 Å². The highest BCUT2D eigenvalue weighted by Gasteiger charge is 2.36. The van der Waals surface area contributed by atoms with Crippen molar-refractivity contribution in [2.24, 2.45) is 0 Å². The lowest BCUT2D eigenvalue weighted by Gasteiger charge is -2.05. The van der Waals surface area contributed by atoms with E-state index in [4.69, 9.17) is 4.65 Å². The Kier molecular flexibility index (Phi) is 2.12. The molecule has 1 atom stereocenters. The molecule has 4 heteroatoms. The third-order valence-corrected chi connectivity index (χ3v) is 2.90. The normalized spacial score (nSPS) is 20.0. The standard InChI is InChI=1S/C9H10BBrO2/c1-5-3-7(11)4-8-9(5)6(2)10(12)13-8/h3-4,6,12H,1-2H3. The predicted molar refractivity (Wildman–Crippen MR) is 55.9 cm³/mol. The summed E-state index contributed by atoms with van der Waals surface area (Å²) in [5.74, 6) is 0.870. The Morgan fingerprint density at radius 2 is 2.23 bits per heavy atom. The zero-order valence-corrected chi connectivity index (χ0v) is 9.13. The van der Waals surface area contributed by atoms with Crippen molar-refractivity contribution in [3.8, 4) is 5.75 Å². The summed E-state index contributed by atoms with van der Waals surface area (Å²) in [6.45, 7) is 4.00. The topological polar surface area (TPSA) is 29.5 Å². The minimum atomic E-state index is -0.692. The Labute approximate surface area is 86.2 Å². The summed E-state index contributed by atoms with van der Waals surface area (Å²) < 4.78 is 6.30. The zero-order valence-electron chi connectivity index (χ0n) is 7.54. The average molecular weight is 241 g/mol. The molecule has 0 fully saturated rings. The van der Waals surface area contributed by atoms with Crippen molar-refractivity contribution in [1.82, 2.24) is 0 Å². The third kappa shape index (κ3) is 1.38. The first-order valence-corrected chi connectivity index (χ1v) is 5.03. The van der Waals surface area contributed by atoms with Crippen LogP contribution in [0, 0.1) is 6.92 Å². The minimum Gasteiger partial charge on any atom is -0.535 e. The van der Waals surface area contributed by atoms with Crippen molar-refractivity contribution in [3.63, 3.8) is 0 Å². The second-order valence-electron chi connectivity index (χ2n) is 3.43. The van der Waals surface area contributed by atoms with Crippen LogP contribution < -0.4 is 4.65 Å². The van der Waals surface area contributed by atoms with Gasteiger partial charge < -0.3 is 9.68 Å². The van der Waals surface area contributed by atoms with Gasteiger partial charge in [0.1, 0.15) is 5.75 Å². The molecule has 0 spiro atoms. The fraction of sp³-hybridized carbons (Fsp3) is 0.333. The smallest absolute Gasteiger partial charge is 0.530 e. The summed E-state index contributed by atoms with van der Waals surface area (Å²) in [5.41, 5.74) is 2.28. The van der Waals surface area contributed by atoms with Crippen LogP contribution >= 0.6 is 15.9 Å². The molecule has 1 heterocycles. The molecule has 0 aliphatic carbocycles. The number of hydrogen-bond donors (Lipinski definition) is 1. The fourth-order valence-electron chi connectivity index (χ4n) is 1.78. The van der Waals surface area contributed by atoms with E-state index in [2.05, 4.69) is 15.9 Å². The van der Waals surface area contributed by atoms with Gasteiger partial charge in [-0.15, -0.1) is 0 Å². The lowest BCUT2D eigenvalue weighted by atomic mass is 9.71. The fourth-order valence-corrected chi connectivity index (χ4v) is 2.33. The van der Waals surface area contributed by atoms with E-state index >= 15 is 0 Å². The summed E-state index contributed by atoms with van der Waals surface area (Å²) in [4.78, 5) is 0. The van der Waals surface area contributed by atoms with Gasteiger partial charge in [0.15, 0.2) is 0 Å². The molecule has 2 rings (SSSR count). The van der Waals surface area contributed by atoms with Crippen LogP contribution in [0.25, 0.3) is 0 Å². The van der Waals surface area contributed by atoms with Gasteiger partial charge in [0.25, 0.3) is 0 Å². The Hall–Kier alpha value is -0.475. The van der Waals surface area contributed by atoms with E-state index in [0.29, 0.717) is 0 Å². The Morgan fingerprint density at radius 3 is 2.92 bits per heavy atom. The van der Waals surface area contributed by atoms with Crippen LogP contribution in [0.4, 0.5) is 0 Å². The summed E-state index contributed by atoms with van der Waals surface area (Å²) in [7, 11) is -0.692. The highest BCUT2D eigenvalue weighted by molar-refractivity contribution is 9.10. The van der Waals surface area contributed by atoms with E-state index in [9.17, 15) is 5.02 Å². The van der Waals surface area contributed by atoms with Gasteiger partial charge in [0, 0.05) is 10.3 Å². The second-order valence-corrected chi connectivity index (χ2v) is 4.35. The number of hydrogen-bond acceptors (Lipinski definition) is 2. The molecule has 0 saturated carbocycles. The SMILES string of the molecule is Cc1cc(Br)cc2c1C(C)B(O)O2. The zero-order chi connectivity index (χ0) is 9.59. The lowest BCUT2D eigenvalue weighted by molar-refractivity contribution is 0.423. The Morgan fingerprint density at radius 1 is 1.54 bits per heavy atom. The van der Waals surface area contributed by atoms with Crippen LogP contribution in [-0.4, -0.2) is 12.1 Å². The molecule has 1 aliphatic heterocycles. The first-order chi connectivity index (χ1) is 6.09. The van der Waals surface area contributed by atoms with Gasteiger partial charge in [-0.3, -0.25) is 0 Å². The highest BCUT2D eigenvalue weighted by atomic mass is 79.9. The van der Waals surface area contributed by atoms with Gasteiger partial charge in [-0.05, 0) is 30.2 Å². The average Bonchev–Trinajstić information content (AvgIpc) is 2.27. The van der Waals surface area contributed by atoms with Crippen LogP contribution in [0.5, 0.6) is 5.75 Å². The van der Waals surface area contributed by atoms with Crippen LogP contribution in [-0.2, 0) is 0 Å². The van der Waals surface area contributed by atoms with Crippen molar-refractivity contribution in [2.45, 2.75) is 19.7 Å². The Balaban J connectivity index is 2.57. The molecule has 0 radical (unpaired) electrons. The molecule has 1 aliphatic rings. The summed E-state index contributed by atoms with van der Waals surface area (Å²) in [6.07, 6.45) is 0. The molecule has 0 saturated heterocycles. The first-order valence-electron chi connectivity index (χ1n) is 4.24. The van der Waals surface area contributed by atoms with Gasteiger partial charge in [-0.2, -0.15) is 0 Å². The monoisotopic (exact) mass is 240 g/mol. The van der Waals surface area contributed by atoms with Crippen molar-refractivity contribution in [1.29, 1.82) is 0 Å². The quantitative estimate of drug-likeness (QED) is 0.706. The lowest BCUT2D eigenvalue weighted by Crippen LogP contribution is -2.22. The predicted octanol–water partition coefficient (Wildman–Crippen LogP) is 2.27. The number of halogens is 1. The van der Waals surface area contributed by atoms with E-state index in [-0.39, 0.29) is 5.82 Å². The summed E-state index contributed by atoms with van der Waals surface area (Å²) in [5, 5.41) is 9.50. The van der Waals surface area contributed by atoms with Gasteiger partial charge in [-0.1, -0.05) is 22.9 Å². The molecule has 1 unspecified atom stereocenters. The molecule has 1 aromatic rings. The molecule has 13 heavy (non-hydrogen) atoms. The van der Waals surface area contributed by atoms with Crippen LogP contribution in [0.2, 0.25) is 0 Å². The number of fused-ring (bicyclic) bond motifs is 1. The van der Waals surface area contributed by atoms with Crippen molar-refractivity contribution < 1.29 is 9.68 Å². The van der Waals surface area contributed by atoms with Crippen molar-refractivity contribution >= 4 is 23.0 Å². The van der Waals surface area contributed by atoms with Gasteiger partial charge >= 0.3 is 7.12 Å². The molecule has 2 nitrogen and oxygen atoms in total. The maximum absolute atomic E-state index is 9.50. The molecule has 0 bridgehead atoms. The highest BCUT2D eigenvalue weighted by Crippen LogP contribution is 2.39. The van der Waals surface area contributed by atoms with Crippen molar-refractivity contribution in [3.05, 3.63) is 27.7 Å². The Bertz CT molecular complexity index is 354. The second kappa shape index (κ2) is 3.03. The van der Waals surface area contributed by atoms with Crippen LogP contribution in [0.3, 0.4) is 0 Å². The summed E-state index contributed by atoms with van der Waals surface area (Å²) in [6, 6.07) is 3.94. The summed E-state index contributed by atoms with van der Waals surface area (Å²) >= 11 is 3.39. The van der Waals surface area contributed by atoms with E-state index in [0.717, 1.165) is 21.3 Å². The molecular formula is C9H10BBrO2. The van der Waals surface area contributed by atoms with E-state index < -0.39 is 7.12 Å². The van der Waals surface area contributed by atoms with Crippen LogP contribution in [0.1, 0.15) is 23.9 Å². The largest absolute Gasteiger partial charge is 0.535 e. The maximum Gasteiger partial charge on any atom is 0.530 e. The molecule has 1 N–H and O–H groups in total. The third-order valence-electron chi connectivity index (χ3n) is 2.44.